The van der Waals surface area contributed by atoms with Crippen LogP contribution in [0.2, 0.25) is 0 Å². The van der Waals surface area contributed by atoms with E-state index in [0.717, 1.165) is 24.3 Å². The first-order valence-electron chi connectivity index (χ1n) is 7.20. The average molecular weight is 518 g/mol. The number of hydrogen-bond acceptors (Lipinski definition) is 6. The molecule has 4 aromatic rings. The largest absolute Gasteiger partial charge is 0.466 e. The smallest absolute Gasteiger partial charge is 0.411 e. The van der Waals surface area contributed by atoms with Gasteiger partial charge in [-0.15, -0.1) is 17.5 Å². The molecule has 0 aliphatic heterocycles. The summed E-state index contributed by atoms with van der Waals surface area (Å²) in [6.45, 7) is 1.45. The van der Waals surface area contributed by atoms with E-state index in [1.54, 1.807) is 6.20 Å². The van der Waals surface area contributed by atoms with Gasteiger partial charge in [0.05, 0.1) is 17.9 Å². The van der Waals surface area contributed by atoms with Crippen molar-refractivity contribution in [1.82, 2.24) is 29.5 Å². The summed E-state index contributed by atoms with van der Waals surface area (Å²) >= 11 is 0. The van der Waals surface area contributed by atoms with E-state index < -0.39 is 6.08 Å². The van der Waals surface area contributed by atoms with Crippen molar-refractivity contribution >= 4 is 0 Å². The van der Waals surface area contributed by atoms with Crippen LogP contribution in [0.1, 0.15) is 11.4 Å². The number of aromatic nitrogens is 6. The molecular weight excluding hydrogens is 503 g/mol. The van der Waals surface area contributed by atoms with Crippen LogP contribution in [0.15, 0.2) is 65.8 Å². The van der Waals surface area contributed by atoms with Crippen LogP contribution < -0.4 is 0 Å². The van der Waals surface area contributed by atoms with Gasteiger partial charge in [0.1, 0.15) is 0 Å². The van der Waals surface area contributed by atoms with Crippen molar-refractivity contribution in [1.29, 1.82) is 0 Å². The summed E-state index contributed by atoms with van der Waals surface area (Å²) in [5, 5.41) is 18.5. The van der Waals surface area contributed by atoms with Crippen molar-refractivity contribution in [2.75, 3.05) is 0 Å². The Balaban J connectivity index is 0.000000275. The normalized spacial score (nSPS) is 9.76. The molecule has 8 nitrogen and oxygen atoms in total. The van der Waals surface area contributed by atoms with E-state index in [1.807, 2.05) is 58.0 Å². The Labute approximate surface area is 158 Å². The second kappa shape index (κ2) is 9.54. The van der Waals surface area contributed by atoms with Gasteiger partial charge in [0.15, 0.2) is 0 Å². The zero-order valence-corrected chi connectivity index (χ0v) is 15.3. The fourth-order valence-electron chi connectivity index (χ4n) is 2.03. The maximum Gasteiger partial charge on any atom is 0.411 e. The van der Waals surface area contributed by atoms with Gasteiger partial charge in [-0.05, 0) is 18.2 Å². The van der Waals surface area contributed by atoms with Gasteiger partial charge in [0.25, 0.3) is 0 Å². The zero-order chi connectivity index (χ0) is 16.6. The van der Waals surface area contributed by atoms with E-state index in [0.29, 0.717) is 6.54 Å². The molecule has 25 heavy (non-hydrogen) atoms. The van der Waals surface area contributed by atoms with Crippen LogP contribution in [0.4, 0.5) is 0 Å². The molecule has 4 heterocycles. The van der Waals surface area contributed by atoms with E-state index in [1.165, 1.54) is 0 Å². The quantitative estimate of drug-likeness (QED) is 0.414. The van der Waals surface area contributed by atoms with Crippen molar-refractivity contribution in [2.45, 2.75) is 13.1 Å². The molecule has 0 bridgehead atoms. The molecule has 0 radical (unpaired) electrons. The van der Waals surface area contributed by atoms with Gasteiger partial charge in [0.2, 0.25) is 6.39 Å². The SMILES string of the molecule is Oc1nnco1.[Pt].[c-]1cccn1Cc1cccc(Cn2cccn2)n1. The van der Waals surface area contributed by atoms with Crippen molar-refractivity contribution in [2.24, 2.45) is 0 Å². The van der Waals surface area contributed by atoms with Gasteiger partial charge in [0, 0.05) is 40.0 Å². The number of pyridine rings is 1. The van der Waals surface area contributed by atoms with E-state index >= 15 is 0 Å². The van der Waals surface area contributed by atoms with Crippen molar-refractivity contribution in [3.05, 3.63) is 79.0 Å². The summed E-state index contributed by atoms with van der Waals surface area (Å²) < 4.78 is 8.02. The molecule has 9 heteroatoms. The fourth-order valence-corrected chi connectivity index (χ4v) is 2.03. The number of hydrogen-bond donors (Lipinski definition) is 1. The summed E-state index contributed by atoms with van der Waals surface area (Å²) in [5.41, 5.74) is 2.05. The van der Waals surface area contributed by atoms with E-state index in [9.17, 15) is 0 Å². The Bertz CT molecular complexity index is 780. The summed E-state index contributed by atoms with van der Waals surface area (Å²) in [6, 6.07) is 11.9. The zero-order valence-electron chi connectivity index (χ0n) is 13.0. The van der Waals surface area contributed by atoms with Crippen molar-refractivity contribution < 1.29 is 30.6 Å². The second-order valence-electron chi connectivity index (χ2n) is 4.81. The summed E-state index contributed by atoms with van der Waals surface area (Å²) in [4.78, 5) is 4.62. The van der Waals surface area contributed by atoms with Crippen LogP contribution in [0.25, 0.3) is 0 Å². The summed E-state index contributed by atoms with van der Waals surface area (Å²) in [7, 11) is 0. The summed E-state index contributed by atoms with van der Waals surface area (Å²) in [6.07, 6.45) is 9.47. The van der Waals surface area contributed by atoms with Crippen LogP contribution >= 0.6 is 0 Å². The van der Waals surface area contributed by atoms with Crippen LogP contribution in [-0.4, -0.2) is 34.6 Å². The topological polar surface area (TPSA) is 94.8 Å². The van der Waals surface area contributed by atoms with Crippen molar-refractivity contribution in [3.8, 4) is 6.08 Å². The maximum absolute atomic E-state index is 8.13. The third kappa shape index (κ3) is 6.00. The van der Waals surface area contributed by atoms with Gasteiger partial charge in [-0.3, -0.25) is 9.67 Å². The number of rotatable bonds is 4. The Kier molecular flexibility index (Phi) is 7.10. The second-order valence-corrected chi connectivity index (χ2v) is 4.81. The van der Waals surface area contributed by atoms with Gasteiger partial charge in [-0.2, -0.15) is 17.2 Å². The standard InChI is InChI=1S/C14H13N4.C2H2N2O2.Pt/c1-2-9-17(8-1)11-13-5-3-6-14(16-13)12-18-10-4-7-15-18;5-2-4-3-1-6-2;/h1-8,10H,11-12H2;1H,(H,4,5);/q-1;;. The third-order valence-electron chi connectivity index (χ3n) is 3.03. The van der Waals surface area contributed by atoms with Gasteiger partial charge >= 0.3 is 6.08 Å². The van der Waals surface area contributed by atoms with E-state index in [2.05, 4.69) is 30.9 Å². The van der Waals surface area contributed by atoms with Crippen LogP contribution in [-0.2, 0) is 34.2 Å². The van der Waals surface area contributed by atoms with Gasteiger partial charge in [-0.25, -0.2) is 0 Å². The van der Waals surface area contributed by atoms with Crippen molar-refractivity contribution in [3.63, 3.8) is 0 Å². The predicted molar refractivity (Wildman–Crippen MR) is 83.9 cm³/mol. The molecule has 0 aliphatic carbocycles. The van der Waals surface area contributed by atoms with E-state index in [-0.39, 0.29) is 21.1 Å². The Morgan fingerprint density at radius 2 is 1.92 bits per heavy atom. The molecule has 0 amide bonds. The first-order valence-corrected chi connectivity index (χ1v) is 7.20. The average Bonchev–Trinajstić information content (AvgIpc) is 3.32. The molecule has 132 valence electrons. The molecule has 0 atom stereocenters. The molecule has 0 saturated heterocycles. The molecule has 0 aliphatic rings. The number of nitrogens with zero attached hydrogens (tertiary/aromatic N) is 6. The molecule has 4 rings (SSSR count). The maximum atomic E-state index is 8.13. The Morgan fingerprint density at radius 3 is 2.48 bits per heavy atom. The first-order chi connectivity index (χ1) is 11.8. The first kappa shape index (κ1) is 18.6. The Morgan fingerprint density at radius 1 is 1.08 bits per heavy atom. The van der Waals surface area contributed by atoms with Gasteiger partial charge < -0.3 is 14.1 Å². The van der Waals surface area contributed by atoms with Crippen LogP contribution in [0, 0.1) is 6.20 Å². The summed E-state index contributed by atoms with van der Waals surface area (Å²) in [5.74, 6) is 0. The monoisotopic (exact) mass is 518 g/mol. The molecule has 0 fully saturated rings. The molecule has 0 unspecified atom stereocenters. The van der Waals surface area contributed by atoms with Crippen LogP contribution in [0.5, 0.6) is 6.08 Å². The molecule has 1 N–H and O–H groups in total. The molecule has 0 aromatic carbocycles. The van der Waals surface area contributed by atoms with E-state index in [4.69, 9.17) is 5.11 Å². The molecule has 0 saturated carbocycles. The molecule has 4 aromatic heterocycles. The molecular formula is C16H15N6O2Pt-. The van der Waals surface area contributed by atoms with Crippen LogP contribution in [0.3, 0.4) is 0 Å². The Hall–Kier alpha value is -2.73. The third-order valence-corrected chi connectivity index (χ3v) is 3.03. The fraction of sp³-hybridized carbons (Fsp3) is 0.125. The number of aromatic hydroxyl groups is 1. The molecule has 0 spiro atoms. The minimum Gasteiger partial charge on any atom is -0.466 e. The minimum atomic E-state index is -0.394. The predicted octanol–water partition coefficient (Wildman–Crippen LogP) is 1.75. The van der Waals surface area contributed by atoms with Gasteiger partial charge in [-0.1, -0.05) is 11.2 Å². The minimum absolute atomic E-state index is 0.